The summed E-state index contributed by atoms with van der Waals surface area (Å²) >= 11 is 0. The molecule has 3 aromatic rings. The van der Waals surface area contributed by atoms with Crippen LogP contribution in [-0.2, 0) is 29.1 Å². The van der Waals surface area contributed by atoms with Crippen LogP contribution >= 0.6 is 0 Å². The molecule has 0 spiro atoms. The largest absolute Gasteiger partial charge is 0.502 e. The number of aromatic nitrogens is 1. The summed E-state index contributed by atoms with van der Waals surface area (Å²) < 4.78 is 12.4. The molecular weight excluding hydrogens is 388 g/mol. The molecule has 3 heterocycles. The molecule has 0 unspecified atom stereocenters. The Kier molecular flexibility index (Phi) is 5.17. The second kappa shape index (κ2) is 7.79. The van der Waals surface area contributed by atoms with Crippen molar-refractivity contribution in [1.82, 2.24) is 4.57 Å². The Balaban J connectivity index is 1.99. The second-order valence-electron chi connectivity index (χ2n) is 7.46. The van der Waals surface area contributed by atoms with Crippen molar-refractivity contribution in [2.45, 2.75) is 38.3 Å². The molecule has 0 radical (unpaired) electrons. The van der Waals surface area contributed by atoms with Crippen LogP contribution in [0.15, 0.2) is 44.3 Å². The van der Waals surface area contributed by atoms with Gasteiger partial charge in [-0.2, -0.15) is 0 Å². The molecule has 8 heteroatoms. The monoisotopic (exact) mass is 410 g/mol. The Morgan fingerprint density at radius 3 is 2.87 bits per heavy atom. The average molecular weight is 410 g/mol. The van der Waals surface area contributed by atoms with E-state index in [0.717, 1.165) is 35.4 Å². The number of amides is 1. The van der Waals surface area contributed by atoms with Gasteiger partial charge in [0.1, 0.15) is 12.4 Å². The number of hydrogen-bond donors (Lipinski definition) is 2. The number of aromatic hydroxyl groups is 1. The number of ether oxygens (including phenoxy) is 1. The SMILES string of the molecule is COCc1cc(=O)c(O)c([C@@H](CC(N)=O)c2cc3cccc4c3n(c2=O)CCC4)o1. The maximum Gasteiger partial charge on any atom is 0.255 e. The van der Waals surface area contributed by atoms with Gasteiger partial charge in [0, 0.05) is 31.7 Å². The maximum absolute atomic E-state index is 13.4. The molecule has 1 atom stereocenters. The van der Waals surface area contributed by atoms with Crippen molar-refractivity contribution in [1.29, 1.82) is 0 Å². The molecule has 0 aliphatic carbocycles. The number of aryl methyl sites for hydroxylation is 2. The quantitative estimate of drug-likeness (QED) is 0.638. The van der Waals surface area contributed by atoms with Crippen LogP contribution in [0.25, 0.3) is 10.9 Å². The number of carbonyl (C=O) groups is 1. The first-order valence-corrected chi connectivity index (χ1v) is 9.69. The smallest absolute Gasteiger partial charge is 0.255 e. The zero-order chi connectivity index (χ0) is 21.4. The number of nitrogens with zero attached hydrogens (tertiary/aromatic N) is 1. The second-order valence-corrected chi connectivity index (χ2v) is 7.46. The van der Waals surface area contributed by atoms with Crippen LogP contribution in [0.1, 0.15) is 41.4 Å². The number of benzene rings is 1. The number of hydrogen-bond acceptors (Lipinski definition) is 6. The minimum Gasteiger partial charge on any atom is -0.502 e. The molecule has 2 aromatic heterocycles. The summed E-state index contributed by atoms with van der Waals surface area (Å²) in [6.07, 6.45) is 1.41. The highest BCUT2D eigenvalue weighted by Crippen LogP contribution is 2.34. The predicted molar refractivity (Wildman–Crippen MR) is 110 cm³/mol. The van der Waals surface area contributed by atoms with Crippen LogP contribution in [0.5, 0.6) is 5.75 Å². The third-order valence-electron chi connectivity index (χ3n) is 5.44. The maximum atomic E-state index is 13.4. The van der Waals surface area contributed by atoms with Gasteiger partial charge in [0.2, 0.25) is 17.1 Å². The van der Waals surface area contributed by atoms with Crippen molar-refractivity contribution in [2.75, 3.05) is 7.11 Å². The fourth-order valence-corrected chi connectivity index (χ4v) is 4.19. The molecule has 1 aliphatic heterocycles. The molecule has 0 saturated carbocycles. The van der Waals surface area contributed by atoms with E-state index in [0.29, 0.717) is 6.54 Å². The van der Waals surface area contributed by atoms with E-state index in [2.05, 4.69) is 0 Å². The highest BCUT2D eigenvalue weighted by Gasteiger charge is 2.29. The topological polar surface area (TPSA) is 125 Å². The van der Waals surface area contributed by atoms with Gasteiger partial charge in [0.15, 0.2) is 5.76 Å². The Bertz CT molecular complexity index is 1260. The van der Waals surface area contributed by atoms with Crippen LogP contribution in [-0.4, -0.2) is 22.7 Å². The lowest BCUT2D eigenvalue weighted by Crippen LogP contribution is -2.30. The zero-order valence-corrected chi connectivity index (χ0v) is 16.5. The molecule has 1 aromatic carbocycles. The van der Waals surface area contributed by atoms with E-state index < -0.39 is 23.0 Å². The van der Waals surface area contributed by atoms with Crippen LogP contribution in [0.2, 0.25) is 0 Å². The highest BCUT2D eigenvalue weighted by molar-refractivity contribution is 5.84. The number of para-hydroxylation sites is 1. The molecule has 1 amide bonds. The Hall–Kier alpha value is -3.39. The molecule has 30 heavy (non-hydrogen) atoms. The van der Waals surface area contributed by atoms with Gasteiger partial charge in [-0.15, -0.1) is 0 Å². The first kappa shape index (κ1) is 19.9. The van der Waals surface area contributed by atoms with E-state index >= 15 is 0 Å². The lowest BCUT2D eigenvalue weighted by molar-refractivity contribution is -0.118. The van der Waals surface area contributed by atoms with Gasteiger partial charge < -0.3 is 24.6 Å². The van der Waals surface area contributed by atoms with Crippen molar-refractivity contribution in [3.05, 3.63) is 73.6 Å². The number of rotatable bonds is 6. The number of nitrogens with two attached hydrogens (primary N) is 1. The van der Waals surface area contributed by atoms with Crippen LogP contribution in [0.3, 0.4) is 0 Å². The van der Waals surface area contributed by atoms with Crippen LogP contribution in [0.4, 0.5) is 0 Å². The number of methoxy groups -OCH3 is 1. The summed E-state index contributed by atoms with van der Waals surface area (Å²) in [5.41, 5.74) is 6.68. The Morgan fingerprint density at radius 1 is 1.33 bits per heavy atom. The first-order chi connectivity index (χ1) is 14.4. The van der Waals surface area contributed by atoms with Gasteiger partial charge in [-0.25, -0.2) is 0 Å². The first-order valence-electron chi connectivity index (χ1n) is 9.69. The van der Waals surface area contributed by atoms with Gasteiger partial charge in [-0.05, 0) is 29.9 Å². The van der Waals surface area contributed by atoms with E-state index in [1.807, 2.05) is 18.2 Å². The molecule has 156 valence electrons. The number of carbonyl (C=O) groups excluding carboxylic acids is 1. The third-order valence-corrected chi connectivity index (χ3v) is 5.44. The predicted octanol–water partition coefficient (Wildman–Crippen LogP) is 1.76. The lowest BCUT2D eigenvalue weighted by atomic mass is 9.90. The molecular formula is C22H22N2O6. The molecule has 1 aliphatic rings. The molecule has 0 bridgehead atoms. The van der Waals surface area contributed by atoms with Gasteiger partial charge in [0.05, 0.1) is 11.4 Å². The van der Waals surface area contributed by atoms with Crippen LogP contribution < -0.4 is 16.7 Å². The fourth-order valence-electron chi connectivity index (χ4n) is 4.19. The van der Waals surface area contributed by atoms with E-state index in [4.69, 9.17) is 14.9 Å². The van der Waals surface area contributed by atoms with E-state index in [-0.39, 0.29) is 35.7 Å². The highest BCUT2D eigenvalue weighted by atomic mass is 16.5. The molecule has 0 fully saturated rings. The average Bonchev–Trinajstić information content (AvgIpc) is 2.72. The van der Waals surface area contributed by atoms with Gasteiger partial charge in [0.25, 0.3) is 5.56 Å². The third kappa shape index (κ3) is 3.39. The minimum absolute atomic E-state index is 0.00285. The Labute approximate surface area is 171 Å². The van der Waals surface area contributed by atoms with E-state index in [1.165, 1.54) is 7.11 Å². The van der Waals surface area contributed by atoms with E-state index in [1.54, 1.807) is 10.6 Å². The molecule has 4 rings (SSSR count). The summed E-state index contributed by atoms with van der Waals surface area (Å²) in [5, 5.41) is 11.3. The summed E-state index contributed by atoms with van der Waals surface area (Å²) in [4.78, 5) is 37.5. The fraction of sp³-hybridized carbons (Fsp3) is 0.318. The summed E-state index contributed by atoms with van der Waals surface area (Å²) in [5.74, 6) is -2.32. The van der Waals surface area contributed by atoms with Gasteiger partial charge >= 0.3 is 0 Å². The van der Waals surface area contributed by atoms with Crippen molar-refractivity contribution in [2.24, 2.45) is 5.73 Å². The van der Waals surface area contributed by atoms with E-state index in [9.17, 15) is 19.5 Å². The standard InChI is InChI=1S/C22H22N2O6/c1-29-11-14-9-17(25)20(27)21(30-14)15(10-18(23)26)16-8-13-5-2-4-12-6-3-7-24(19(12)13)22(16)28/h2,4-5,8-9,15,27H,3,6-7,10-11H2,1H3,(H2,23,26)/t15-/m0/s1. The molecule has 8 nitrogen and oxygen atoms in total. The summed E-state index contributed by atoms with van der Waals surface area (Å²) in [6, 6.07) is 8.62. The lowest BCUT2D eigenvalue weighted by Gasteiger charge is -2.23. The number of pyridine rings is 1. The van der Waals surface area contributed by atoms with Crippen molar-refractivity contribution >= 4 is 16.8 Å². The molecule has 0 saturated heterocycles. The summed E-state index contributed by atoms with van der Waals surface area (Å²) in [6.45, 7) is 0.542. The van der Waals surface area contributed by atoms with Gasteiger partial charge in [-0.1, -0.05) is 18.2 Å². The Morgan fingerprint density at radius 2 is 2.13 bits per heavy atom. The zero-order valence-electron chi connectivity index (χ0n) is 16.5. The normalized spacial score (nSPS) is 14.0. The van der Waals surface area contributed by atoms with Crippen molar-refractivity contribution in [3.63, 3.8) is 0 Å². The van der Waals surface area contributed by atoms with Gasteiger partial charge in [-0.3, -0.25) is 14.4 Å². The van der Waals surface area contributed by atoms with Crippen LogP contribution in [0, 0.1) is 0 Å². The molecule has 3 N–H and O–H groups in total. The van der Waals surface area contributed by atoms with Crippen molar-refractivity contribution < 1.29 is 19.1 Å². The minimum atomic E-state index is -1.00. The number of primary amides is 1. The van der Waals surface area contributed by atoms with Crippen molar-refractivity contribution in [3.8, 4) is 5.75 Å². The summed E-state index contributed by atoms with van der Waals surface area (Å²) in [7, 11) is 1.44.